The van der Waals surface area contributed by atoms with E-state index in [9.17, 15) is 0 Å². The third-order valence-corrected chi connectivity index (χ3v) is 5.28. The smallest absolute Gasteiger partial charge is 0.119 e. The second-order valence-corrected chi connectivity index (χ2v) is 7.65. The van der Waals surface area contributed by atoms with Gasteiger partial charge in [-0.15, -0.1) is 0 Å². The fourth-order valence-electron chi connectivity index (χ4n) is 3.40. The minimum absolute atomic E-state index is 0.666. The highest BCUT2D eigenvalue weighted by Crippen LogP contribution is 2.19. The van der Waals surface area contributed by atoms with Crippen LogP contribution < -0.4 is 4.74 Å². The predicted octanol–water partition coefficient (Wildman–Crippen LogP) is 6.75. The van der Waals surface area contributed by atoms with Crippen molar-refractivity contribution in [3.8, 4) is 23.1 Å². The van der Waals surface area contributed by atoms with E-state index in [1.165, 1.54) is 36.8 Å². The molecule has 0 bridgehead atoms. The van der Waals surface area contributed by atoms with Gasteiger partial charge in [0.1, 0.15) is 5.75 Å². The van der Waals surface area contributed by atoms with Crippen LogP contribution in [0.2, 0.25) is 0 Å². The fourth-order valence-corrected chi connectivity index (χ4v) is 3.40. The van der Waals surface area contributed by atoms with E-state index in [1.807, 2.05) is 36.5 Å². The third kappa shape index (κ3) is 6.74. The summed E-state index contributed by atoms with van der Waals surface area (Å²) in [5.41, 5.74) is 5.15. The van der Waals surface area contributed by atoms with Crippen molar-refractivity contribution in [2.24, 2.45) is 0 Å². The largest absolute Gasteiger partial charge is 0.494 e. The summed E-state index contributed by atoms with van der Waals surface area (Å²) in [4.78, 5) is 4.59. The molecule has 2 aromatic carbocycles. The quantitative estimate of drug-likeness (QED) is 0.335. The van der Waals surface area contributed by atoms with E-state index in [0.717, 1.165) is 42.9 Å². The first kappa shape index (κ1) is 21.6. The van der Waals surface area contributed by atoms with Crippen molar-refractivity contribution in [1.82, 2.24) is 4.98 Å². The predicted molar refractivity (Wildman–Crippen MR) is 122 cm³/mol. The maximum atomic E-state index is 8.91. The van der Waals surface area contributed by atoms with Gasteiger partial charge in [-0.2, -0.15) is 5.26 Å². The molecule has 0 spiro atoms. The molecule has 0 aliphatic carbocycles. The molecule has 0 aliphatic rings. The molecule has 0 amide bonds. The molecule has 30 heavy (non-hydrogen) atoms. The Morgan fingerprint density at radius 3 is 2.17 bits per heavy atom. The summed E-state index contributed by atoms with van der Waals surface area (Å²) in [7, 11) is 0. The lowest BCUT2D eigenvalue weighted by Crippen LogP contribution is -1.98. The molecule has 154 valence electrons. The van der Waals surface area contributed by atoms with E-state index in [-0.39, 0.29) is 0 Å². The Labute approximate surface area is 180 Å². The van der Waals surface area contributed by atoms with E-state index in [1.54, 1.807) is 0 Å². The highest BCUT2D eigenvalue weighted by Gasteiger charge is 2.02. The third-order valence-electron chi connectivity index (χ3n) is 5.28. The standard InChI is InChI=1S/C27H30N2O/c1-2-3-4-5-6-19-30-26-16-11-22(12-17-26)7-8-24-13-18-27(29-21-24)25-14-9-23(20-28)10-15-25/h9-18,21H,2-8,19H2,1H3. The second-order valence-electron chi connectivity index (χ2n) is 7.65. The first-order valence-electron chi connectivity index (χ1n) is 11.0. The molecule has 0 saturated heterocycles. The van der Waals surface area contributed by atoms with E-state index < -0.39 is 0 Å². The number of benzene rings is 2. The Balaban J connectivity index is 1.44. The lowest BCUT2D eigenvalue weighted by molar-refractivity contribution is 0.304. The normalized spacial score (nSPS) is 10.5. The molecule has 0 radical (unpaired) electrons. The molecule has 3 nitrogen and oxygen atoms in total. The van der Waals surface area contributed by atoms with Crippen molar-refractivity contribution in [3.05, 3.63) is 83.6 Å². The van der Waals surface area contributed by atoms with Crippen molar-refractivity contribution in [3.63, 3.8) is 0 Å². The molecule has 3 heteroatoms. The summed E-state index contributed by atoms with van der Waals surface area (Å²) in [5, 5.41) is 8.91. The van der Waals surface area contributed by atoms with Crippen LogP contribution in [0.4, 0.5) is 0 Å². The van der Waals surface area contributed by atoms with Crippen LogP contribution in [0.3, 0.4) is 0 Å². The van der Waals surface area contributed by atoms with Gasteiger partial charge in [0.15, 0.2) is 0 Å². The van der Waals surface area contributed by atoms with Gasteiger partial charge in [-0.1, -0.05) is 62.9 Å². The molecule has 3 aromatic rings. The summed E-state index contributed by atoms with van der Waals surface area (Å²) < 4.78 is 5.85. The Hall–Kier alpha value is -3.12. The average molecular weight is 399 g/mol. The molecule has 1 heterocycles. The summed E-state index contributed by atoms with van der Waals surface area (Å²) in [6, 6.07) is 22.3. The molecule has 0 atom stereocenters. The summed E-state index contributed by atoms with van der Waals surface area (Å²) in [5.74, 6) is 0.961. The van der Waals surface area contributed by atoms with E-state index >= 15 is 0 Å². The SMILES string of the molecule is CCCCCCCOc1ccc(CCc2ccc(-c3ccc(C#N)cc3)nc2)cc1. The van der Waals surface area contributed by atoms with Gasteiger partial charge in [0, 0.05) is 11.8 Å². The van der Waals surface area contributed by atoms with Gasteiger partial charge in [0.25, 0.3) is 0 Å². The zero-order chi connectivity index (χ0) is 21.0. The van der Waals surface area contributed by atoms with Gasteiger partial charge < -0.3 is 4.74 Å². The molecular formula is C27H30N2O. The number of nitrogens with zero attached hydrogens (tertiary/aromatic N) is 2. The average Bonchev–Trinajstić information content (AvgIpc) is 2.81. The maximum Gasteiger partial charge on any atom is 0.119 e. The van der Waals surface area contributed by atoms with Gasteiger partial charge in [-0.3, -0.25) is 4.98 Å². The second kappa shape index (κ2) is 11.8. The van der Waals surface area contributed by atoms with Gasteiger partial charge >= 0.3 is 0 Å². The highest BCUT2D eigenvalue weighted by atomic mass is 16.5. The zero-order valence-electron chi connectivity index (χ0n) is 17.8. The van der Waals surface area contributed by atoms with E-state index in [0.29, 0.717) is 5.56 Å². The number of ether oxygens (including phenoxy) is 1. The number of hydrogen-bond donors (Lipinski definition) is 0. The number of rotatable bonds is 11. The van der Waals surface area contributed by atoms with Crippen LogP contribution in [0.15, 0.2) is 66.9 Å². The molecule has 0 unspecified atom stereocenters. The summed E-state index contributed by atoms with van der Waals surface area (Å²) in [6.45, 7) is 3.04. The molecule has 1 aromatic heterocycles. The van der Waals surface area contributed by atoms with Gasteiger partial charge in [-0.25, -0.2) is 0 Å². The fraction of sp³-hybridized carbons (Fsp3) is 0.333. The van der Waals surface area contributed by atoms with Crippen LogP contribution in [0.1, 0.15) is 55.7 Å². The lowest BCUT2D eigenvalue weighted by Gasteiger charge is -2.08. The molecule has 0 aliphatic heterocycles. The molecule has 0 fully saturated rings. The maximum absolute atomic E-state index is 8.91. The topological polar surface area (TPSA) is 45.9 Å². The van der Waals surface area contributed by atoms with Crippen molar-refractivity contribution in [1.29, 1.82) is 5.26 Å². The molecule has 0 saturated carbocycles. The van der Waals surface area contributed by atoms with E-state index in [2.05, 4.69) is 48.3 Å². The Morgan fingerprint density at radius 1 is 0.800 bits per heavy atom. The van der Waals surface area contributed by atoms with Crippen molar-refractivity contribution in [2.75, 3.05) is 6.61 Å². The summed E-state index contributed by atoms with van der Waals surface area (Å²) >= 11 is 0. The Morgan fingerprint density at radius 2 is 1.50 bits per heavy atom. The number of unbranched alkanes of at least 4 members (excludes halogenated alkanes) is 4. The first-order chi connectivity index (χ1) is 14.8. The van der Waals surface area contributed by atoms with Crippen LogP contribution in [0.25, 0.3) is 11.3 Å². The number of nitriles is 1. The first-order valence-corrected chi connectivity index (χ1v) is 11.0. The lowest BCUT2D eigenvalue weighted by atomic mass is 10.0. The number of pyridine rings is 1. The van der Waals surface area contributed by atoms with Crippen LogP contribution in [0, 0.1) is 11.3 Å². The molecular weight excluding hydrogens is 368 g/mol. The van der Waals surface area contributed by atoms with Crippen LogP contribution in [0.5, 0.6) is 5.75 Å². The van der Waals surface area contributed by atoms with Crippen LogP contribution >= 0.6 is 0 Å². The van der Waals surface area contributed by atoms with Gasteiger partial charge in [0.2, 0.25) is 0 Å². The van der Waals surface area contributed by atoms with Gasteiger partial charge in [-0.05, 0) is 60.7 Å². The van der Waals surface area contributed by atoms with Crippen LogP contribution in [-0.2, 0) is 12.8 Å². The zero-order valence-corrected chi connectivity index (χ0v) is 17.8. The molecule has 0 N–H and O–H groups in total. The van der Waals surface area contributed by atoms with Crippen LogP contribution in [-0.4, -0.2) is 11.6 Å². The number of aromatic nitrogens is 1. The van der Waals surface area contributed by atoms with E-state index in [4.69, 9.17) is 10.00 Å². The van der Waals surface area contributed by atoms with Gasteiger partial charge in [0.05, 0.1) is 23.9 Å². The van der Waals surface area contributed by atoms with Crippen molar-refractivity contribution >= 4 is 0 Å². The monoisotopic (exact) mass is 398 g/mol. The minimum atomic E-state index is 0.666. The molecule has 3 rings (SSSR count). The minimum Gasteiger partial charge on any atom is -0.494 e. The van der Waals surface area contributed by atoms with Crippen molar-refractivity contribution < 1.29 is 4.74 Å². The highest BCUT2D eigenvalue weighted by molar-refractivity contribution is 5.60. The Kier molecular flexibility index (Phi) is 8.47. The Bertz CT molecular complexity index is 923. The number of aryl methyl sites for hydroxylation is 2. The van der Waals surface area contributed by atoms with Crippen molar-refractivity contribution in [2.45, 2.75) is 51.9 Å². The number of hydrogen-bond acceptors (Lipinski definition) is 3. The summed E-state index contributed by atoms with van der Waals surface area (Å²) in [6.07, 6.45) is 10.2.